The van der Waals surface area contributed by atoms with Crippen LogP contribution in [-0.2, 0) is 0 Å². The normalized spacial score (nSPS) is 10.3. The minimum Gasteiger partial charge on any atom is -0.376 e. The zero-order valence-electron chi connectivity index (χ0n) is 11.3. The molecule has 7 heteroatoms. The number of nitrogens with one attached hydrogen (secondary N) is 1. The van der Waals surface area contributed by atoms with E-state index in [1.807, 2.05) is 25.1 Å². The highest BCUT2D eigenvalue weighted by atomic mass is 35.5. The molecule has 4 nitrogen and oxygen atoms in total. The average molecular weight is 345 g/mol. The van der Waals surface area contributed by atoms with E-state index < -0.39 is 0 Å². The molecule has 1 aromatic heterocycles. The molecule has 0 aliphatic carbocycles. The van der Waals surface area contributed by atoms with E-state index in [9.17, 15) is 4.79 Å². The number of carbonyl (C=O) groups excluding carboxylic acids is 1. The third-order valence-electron chi connectivity index (χ3n) is 2.76. The van der Waals surface area contributed by atoms with E-state index in [-0.39, 0.29) is 21.6 Å². The highest BCUT2D eigenvalue weighted by Gasteiger charge is 2.14. The highest BCUT2D eigenvalue weighted by Crippen LogP contribution is 2.29. The molecule has 110 valence electrons. The van der Waals surface area contributed by atoms with Gasteiger partial charge in [-0.05, 0) is 24.3 Å². The maximum absolute atomic E-state index is 12.3. The van der Waals surface area contributed by atoms with Gasteiger partial charge < -0.3 is 10.2 Å². The lowest BCUT2D eigenvalue weighted by molar-refractivity contribution is 0.102. The van der Waals surface area contributed by atoms with Crippen LogP contribution in [0.25, 0.3) is 0 Å². The van der Waals surface area contributed by atoms with Gasteiger partial charge in [-0.2, -0.15) is 0 Å². The first-order valence-corrected chi connectivity index (χ1v) is 7.11. The lowest BCUT2D eigenvalue weighted by atomic mass is 10.2. The first kappa shape index (κ1) is 15.9. The standard InChI is InChI=1S/C14H12Cl3N3O/c1-20(2)12-4-3-8(15)5-11(12)19-14(21)9-6-13(17)18-7-10(9)16/h3-7H,1-2H3,(H,19,21). The van der Waals surface area contributed by atoms with E-state index in [1.54, 1.807) is 12.1 Å². The molecule has 0 radical (unpaired) electrons. The molecule has 0 aliphatic rings. The van der Waals surface area contributed by atoms with Crippen molar-refractivity contribution in [1.82, 2.24) is 4.98 Å². The summed E-state index contributed by atoms with van der Waals surface area (Å²) in [5.41, 5.74) is 1.66. The van der Waals surface area contributed by atoms with Crippen molar-refractivity contribution < 1.29 is 4.79 Å². The van der Waals surface area contributed by atoms with Crippen LogP contribution in [0.3, 0.4) is 0 Å². The van der Waals surface area contributed by atoms with Crippen LogP contribution in [0.1, 0.15) is 10.4 Å². The number of nitrogens with zero attached hydrogens (tertiary/aromatic N) is 2. The summed E-state index contributed by atoms with van der Waals surface area (Å²) in [4.78, 5) is 18.0. The van der Waals surface area contributed by atoms with Crippen LogP contribution in [0.4, 0.5) is 11.4 Å². The lowest BCUT2D eigenvalue weighted by Crippen LogP contribution is -2.17. The Kier molecular flexibility index (Phi) is 4.93. The van der Waals surface area contributed by atoms with Gasteiger partial charge in [0.2, 0.25) is 0 Å². The number of hydrogen-bond acceptors (Lipinski definition) is 3. The topological polar surface area (TPSA) is 45.2 Å². The Morgan fingerprint density at radius 2 is 1.90 bits per heavy atom. The summed E-state index contributed by atoms with van der Waals surface area (Å²) in [5, 5.41) is 3.73. The molecule has 0 bridgehead atoms. The van der Waals surface area contributed by atoms with E-state index in [0.29, 0.717) is 10.7 Å². The Balaban J connectivity index is 2.35. The molecule has 1 amide bonds. The molecule has 1 aromatic carbocycles. The van der Waals surface area contributed by atoms with Gasteiger partial charge in [-0.1, -0.05) is 34.8 Å². The van der Waals surface area contributed by atoms with Crippen LogP contribution in [0.2, 0.25) is 15.2 Å². The smallest absolute Gasteiger partial charge is 0.257 e. The van der Waals surface area contributed by atoms with Crippen molar-refractivity contribution >= 4 is 52.1 Å². The van der Waals surface area contributed by atoms with Crippen LogP contribution in [0, 0.1) is 0 Å². The summed E-state index contributed by atoms with van der Waals surface area (Å²) in [6.45, 7) is 0. The fraction of sp³-hybridized carbons (Fsp3) is 0.143. The number of halogens is 3. The van der Waals surface area contributed by atoms with Crippen molar-refractivity contribution in [2.45, 2.75) is 0 Å². The Labute approximate surface area is 137 Å². The monoisotopic (exact) mass is 343 g/mol. The molecule has 0 aliphatic heterocycles. The van der Waals surface area contributed by atoms with Crippen LogP contribution in [-0.4, -0.2) is 25.0 Å². The third-order valence-corrected chi connectivity index (χ3v) is 3.50. The second-order valence-electron chi connectivity index (χ2n) is 4.50. The number of aromatic nitrogens is 1. The summed E-state index contributed by atoms with van der Waals surface area (Å²) >= 11 is 17.7. The third kappa shape index (κ3) is 3.79. The summed E-state index contributed by atoms with van der Waals surface area (Å²) < 4.78 is 0. The van der Waals surface area contributed by atoms with Gasteiger partial charge in [-0.25, -0.2) is 4.98 Å². The van der Waals surface area contributed by atoms with Gasteiger partial charge >= 0.3 is 0 Å². The van der Waals surface area contributed by atoms with E-state index in [2.05, 4.69) is 10.3 Å². The predicted octanol–water partition coefficient (Wildman–Crippen LogP) is 4.36. The summed E-state index contributed by atoms with van der Waals surface area (Å²) in [6, 6.07) is 6.66. The highest BCUT2D eigenvalue weighted by molar-refractivity contribution is 6.36. The van der Waals surface area contributed by atoms with Crippen LogP contribution in [0.15, 0.2) is 30.5 Å². The number of anilines is 2. The number of pyridine rings is 1. The van der Waals surface area contributed by atoms with Gasteiger partial charge in [0.05, 0.1) is 22.0 Å². The molecule has 0 fully saturated rings. The zero-order valence-corrected chi connectivity index (χ0v) is 13.6. The number of benzene rings is 1. The van der Waals surface area contributed by atoms with Crippen molar-refractivity contribution in [2.24, 2.45) is 0 Å². The molecule has 0 unspecified atom stereocenters. The summed E-state index contributed by atoms with van der Waals surface area (Å²) in [5.74, 6) is -0.380. The summed E-state index contributed by atoms with van der Waals surface area (Å²) in [6.07, 6.45) is 1.34. The first-order valence-electron chi connectivity index (χ1n) is 5.97. The van der Waals surface area contributed by atoms with E-state index in [1.165, 1.54) is 12.3 Å². The second kappa shape index (κ2) is 6.52. The molecule has 2 aromatic rings. The number of carbonyl (C=O) groups is 1. The molecule has 2 rings (SSSR count). The maximum atomic E-state index is 12.3. The molecule has 1 heterocycles. The van der Waals surface area contributed by atoms with Gasteiger partial charge in [0.25, 0.3) is 5.91 Å². The van der Waals surface area contributed by atoms with Crippen LogP contribution in [0.5, 0.6) is 0 Å². The average Bonchev–Trinajstić information content (AvgIpc) is 2.41. The molecule has 0 saturated carbocycles. The van der Waals surface area contributed by atoms with Crippen molar-refractivity contribution in [3.05, 3.63) is 51.2 Å². The van der Waals surface area contributed by atoms with Gasteiger partial charge in [0.15, 0.2) is 0 Å². The predicted molar refractivity (Wildman–Crippen MR) is 88.0 cm³/mol. The van der Waals surface area contributed by atoms with Crippen molar-refractivity contribution in [3.8, 4) is 0 Å². The Morgan fingerprint density at radius 3 is 2.57 bits per heavy atom. The molecular formula is C14H12Cl3N3O. The number of hydrogen-bond donors (Lipinski definition) is 1. The van der Waals surface area contributed by atoms with Crippen molar-refractivity contribution in [1.29, 1.82) is 0 Å². The molecule has 1 N–H and O–H groups in total. The Bertz CT molecular complexity index is 689. The molecule has 0 saturated heterocycles. The quantitative estimate of drug-likeness (QED) is 0.841. The largest absolute Gasteiger partial charge is 0.376 e. The minimum absolute atomic E-state index is 0.198. The van der Waals surface area contributed by atoms with Crippen molar-refractivity contribution in [3.63, 3.8) is 0 Å². The van der Waals surface area contributed by atoms with Crippen LogP contribution >= 0.6 is 34.8 Å². The Morgan fingerprint density at radius 1 is 1.19 bits per heavy atom. The number of amides is 1. The van der Waals surface area contributed by atoms with E-state index >= 15 is 0 Å². The maximum Gasteiger partial charge on any atom is 0.257 e. The zero-order chi connectivity index (χ0) is 15.6. The molecular weight excluding hydrogens is 333 g/mol. The van der Waals surface area contributed by atoms with Gasteiger partial charge in [0.1, 0.15) is 5.15 Å². The second-order valence-corrected chi connectivity index (χ2v) is 5.73. The number of rotatable bonds is 3. The molecule has 21 heavy (non-hydrogen) atoms. The fourth-order valence-electron chi connectivity index (χ4n) is 1.78. The van der Waals surface area contributed by atoms with E-state index in [0.717, 1.165) is 5.69 Å². The van der Waals surface area contributed by atoms with Crippen LogP contribution < -0.4 is 10.2 Å². The van der Waals surface area contributed by atoms with Gasteiger partial charge in [-0.3, -0.25) is 4.79 Å². The van der Waals surface area contributed by atoms with Gasteiger partial charge in [0, 0.05) is 25.3 Å². The summed E-state index contributed by atoms with van der Waals surface area (Å²) in [7, 11) is 3.74. The first-order chi connectivity index (χ1) is 9.88. The lowest BCUT2D eigenvalue weighted by Gasteiger charge is -2.18. The fourth-order valence-corrected chi connectivity index (χ4v) is 2.29. The minimum atomic E-state index is -0.380. The molecule has 0 atom stereocenters. The van der Waals surface area contributed by atoms with Crippen molar-refractivity contribution in [2.75, 3.05) is 24.3 Å². The van der Waals surface area contributed by atoms with E-state index in [4.69, 9.17) is 34.8 Å². The SMILES string of the molecule is CN(C)c1ccc(Cl)cc1NC(=O)c1cc(Cl)ncc1Cl. The van der Waals surface area contributed by atoms with Gasteiger partial charge in [-0.15, -0.1) is 0 Å². The molecule has 0 spiro atoms. The Hall–Kier alpha value is -1.49.